The number of rotatable bonds is 2. The molecule has 4 heteroatoms. The number of para-hydroxylation sites is 1. The van der Waals surface area contributed by atoms with Crippen LogP contribution < -0.4 is 10.6 Å². The molecule has 0 saturated carbocycles. The van der Waals surface area contributed by atoms with E-state index in [2.05, 4.69) is 28.9 Å². The SMILES string of the molecule is CCC1CN(c2ccnc3c(N)cccc23)CCO1. The van der Waals surface area contributed by atoms with Crippen LogP contribution in [-0.2, 0) is 4.74 Å². The van der Waals surface area contributed by atoms with E-state index in [1.807, 2.05) is 18.3 Å². The summed E-state index contributed by atoms with van der Waals surface area (Å²) in [5.74, 6) is 0. The van der Waals surface area contributed by atoms with E-state index in [4.69, 9.17) is 10.5 Å². The van der Waals surface area contributed by atoms with Gasteiger partial charge in [0, 0.05) is 30.4 Å². The standard InChI is InChI=1S/C15H19N3O/c1-2-11-10-18(8-9-19-11)14-6-7-17-15-12(14)4-3-5-13(15)16/h3-7,11H,2,8-10,16H2,1H3. The van der Waals surface area contributed by atoms with Crippen LogP contribution in [0.5, 0.6) is 0 Å². The summed E-state index contributed by atoms with van der Waals surface area (Å²) in [6.07, 6.45) is 3.20. The van der Waals surface area contributed by atoms with E-state index in [-0.39, 0.29) is 0 Å². The van der Waals surface area contributed by atoms with Crippen molar-refractivity contribution in [3.63, 3.8) is 0 Å². The Balaban J connectivity index is 2.03. The number of hydrogen-bond donors (Lipinski definition) is 1. The third kappa shape index (κ3) is 2.24. The van der Waals surface area contributed by atoms with Crippen molar-refractivity contribution in [3.05, 3.63) is 30.5 Å². The minimum absolute atomic E-state index is 0.318. The third-order valence-electron chi connectivity index (χ3n) is 3.71. The van der Waals surface area contributed by atoms with Crippen LogP contribution in [0, 0.1) is 0 Å². The highest BCUT2D eigenvalue weighted by Gasteiger charge is 2.20. The first-order valence-electron chi connectivity index (χ1n) is 6.79. The maximum Gasteiger partial charge on any atom is 0.0951 e. The first-order chi connectivity index (χ1) is 9.29. The number of anilines is 2. The highest BCUT2D eigenvalue weighted by molar-refractivity contribution is 5.98. The molecule has 2 aromatic rings. The van der Waals surface area contributed by atoms with Crippen LogP contribution in [0.1, 0.15) is 13.3 Å². The molecule has 0 aliphatic carbocycles. The summed E-state index contributed by atoms with van der Waals surface area (Å²) < 4.78 is 5.73. The normalized spacial score (nSPS) is 19.8. The Morgan fingerprint density at radius 1 is 1.42 bits per heavy atom. The summed E-state index contributed by atoms with van der Waals surface area (Å²) in [5, 5.41) is 1.12. The van der Waals surface area contributed by atoms with Crippen molar-refractivity contribution < 1.29 is 4.74 Å². The molecule has 2 N–H and O–H groups in total. The largest absolute Gasteiger partial charge is 0.397 e. The fourth-order valence-electron chi connectivity index (χ4n) is 2.65. The Hall–Kier alpha value is -1.81. The van der Waals surface area contributed by atoms with Crippen molar-refractivity contribution >= 4 is 22.3 Å². The first kappa shape index (κ1) is 12.2. The molecule has 0 amide bonds. The Kier molecular flexibility index (Phi) is 3.25. The summed E-state index contributed by atoms with van der Waals surface area (Å²) in [4.78, 5) is 6.77. The molecule has 1 saturated heterocycles. The number of nitrogens with zero attached hydrogens (tertiary/aromatic N) is 2. The summed E-state index contributed by atoms with van der Waals surface area (Å²) in [6, 6.07) is 8.04. The number of morpholine rings is 1. The molecular formula is C15H19N3O. The highest BCUT2D eigenvalue weighted by Crippen LogP contribution is 2.29. The molecule has 0 radical (unpaired) electrons. The molecule has 1 fully saturated rings. The lowest BCUT2D eigenvalue weighted by Gasteiger charge is -2.34. The second kappa shape index (κ2) is 5.05. The molecule has 1 aromatic carbocycles. The van der Waals surface area contributed by atoms with Crippen molar-refractivity contribution in [3.8, 4) is 0 Å². The Morgan fingerprint density at radius 3 is 3.16 bits per heavy atom. The Labute approximate surface area is 113 Å². The maximum atomic E-state index is 6.00. The molecule has 0 bridgehead atoms. The van der Waals surface area contributed by atoms with Gasteiger partial charge in [0.15, 0.2) is 0 Å². The Morgan fingerprint density at radius 2 is 2.32 bits per heavy atom. The zero-order chi connectivity index (χ0) is 13.2. The van der Waals surface area contributed by atoms with E-state index < -0.39 is 0 Å². The lowest BCUT2D eigenvalue weighted by atomic mass is 10.1. The minimum atomic E-state index is 0.318. The number of pyridine rings is 1. The predicted octanol–water partition coefficient (Wildman–Crippen LogP) is 2.43. The zero-order valence-corrected chi connectivity index (χ0v) is 11.2. The minimum Gasteiger partial charge on any atom is -0.397 e. The van der Waals surface area contributed by atoms with Gasteiger partial charge in [-0.25, -0.2) is 0 Å². The van der Waals surface area contributed by atoms with Crippen molar-refractivity contribution in [2.75, 3.05) is 30.3 Å². The van der Waals surface area contributed by atoms with Crippen molar-refractivity contribution in [1.82, 2.24) is 4.98 Å². The summed E-state index contributed by atoms with van der Waals surface area (Å²) >= 11 is 0. The number of ether oxygens (including phenoxy) is 1. The van der Waals surface area contributed by atoms with Gasteiger partial charge in [-0.2, -0.15) is 0 Å². The maximum absolute atomic E-state index is 6.00. The number of fused-ring (bicyclic) bond motifs is 1. The van der Waals surface area contributed by atoms with E-state index in [0.29, 0.717) is 6.10 Å². The van der Waals surface area contributed by atoms with Crippen LogP contribution in [0.25, 0.3) is 10.9 Å². The monoisotopic (exact) mass is 257 g/mol. The first-order valence-corrected chi connectivity index (χ1v) is 6.79. The fourth-order valence-corrected chi connectivity index (χ4v) is 2.65. The Bertz CT molecular complexity index is 585. The molecule has 1 aromatic heterocycles. The molecular weight excluding hydrogens is 238 g/mol. The van der Waals surface area contributed by atoms with Gasteiger partial charge in [-0.1, -0.05) is 19.1 Å². The average molecular weight is 257 g/mol. The topological polar surface area (TPSA) is 51.4 Å². The molecule has 1 atom stereocenters. The van der Waals surface area contributed by atoms with E-state index >= 15 is 0 Å². The van der Waals surface area contributed by atoms with Gasteiger partial charge in [-0.15, -0.1) is 0 Å². The summed E-state index contributed by atoms with van der Waals surface area (Å²) in [5.41, 5.74) is 8.83. The zero-order valence-electron chi connectivity index (χ0n) is 11.2. The van der Waals surface area contributed by atoms with Gasteiger partial charge >= 0.3 is 0 Å². The average Bonchev–Trinajstić information content (AvgIpc) is 2.47. The quantitative estimate of drug-likeness (QED) is 0.839. The molecule has 1 aliphatic heterocycles. The predicted molar refractivity (Wildman–Crippen MR) is 78.4 cm³/mol. The van der Waals surface area contributed by atoms with Gasteiger partial charge in [-0.05, 0) is 18.6 Å². The molecule has 3 rings (SSSR count). The van der Waals surface area contributed by atoms with E-state index in [0.717, 1.165) is 42.7 Å². The number of aromatic nitrogens is 1. The molecule has 2 heterocycles. The highest BCUT2D eigenvalue weighted by atomic mass is 16.5. The molecule has 0 spiro atoms. The summed E-state index contributed by atoms with van der Waals surface area (Å²) in [6.45, 7) is 4.80. The van der Waals surface area contributed by atoms with Crippen molar-refractivity contribution in [2.45, 2.75) is 19.4 Å². The molecule has 1 unspecified atom stereocenters. The molecule has 100 valence electrons. The van der Waals surface area contributed by atoms with E-state index in [1.54, 1.807) is 0 Å². The van der Waals surface area contributed by atoms with Crippen LogP contribution in [0.15, 0.2) is 30.5 Å². The molecule has 4 nitrogen and oxygen atoms in total. The van der Waals surface area contributed by atoms with Crippen LogP contribution in [0.4, 0.5) is 11.4 Å². The number of hydrogen-bond acceptors (Lipinski definition) is 4. The second-order valence-electron chi connectivity index (χ2n) is 4.92. The van der Waals surface area contributed by atoms with E-state index in [1.165, 1.54) is 5.69 Å². The van der Waals surface area contributed by atoms with Crippen LogP contribution in [0.3, 0.4) is 0 Å². The number of nitrogen functional groups attached to an aromatic ring is 1. The van der Waals surface area contributed by atoms with Gasteiger partial charge in [-0.3, -0.25) is 4.98 Å². The van der Waals surface area contributed by atoms with Crippen LogP contribution >= 0.6 is 0 Å². The molecule has 1 aliphatic rings. The van der Waals surface area contributed by atoms with Crippen LogP contribution in [-0.4, -0.2) is 30.8 Å². The van der Waals surface area contributed by atoms with Crippen LogP contribution in [0.2, 0.25) is 0 Å². The van der Waals surface area contributed by atoms with Gasteiger partial charge < -0.3 is 15.4 Å². The van der Waals surface area contributed by atoms with E-state index in [9.17, 15) is 0 Å². The third-order valence-corrected chi connectivity index (χ3v) is 3.71. The van der Waals surface area contributed by atoms with Gasteiger partial charge in [0.2, 0.25) is 0 Å². The lowest BCUT2D eigenvalue weighted by molar-refractivity contribution is 0.0385. The summed E-state index contributed by atoms with van der Waals surface area (Å²) in [7, 11) is 0. The number of benzene rings is 1. The van der Waals surface area contributed by atoms with Crippen molar-refractivity contribution in [1.29, 1.82) is 0 Å². The van der Waals surface area contributed by atoms with Crippen molar-refractivity contribution in [2.24, 2.45) is 0 Å². The smallest absolute Gasteiger partial charge is 0.0951 e. The van der Waals surface area contributed by atoms with Gasteiger partial charge in [0.1, 0.15) is 0 Å². The fraction of sp³-hybridized carbons (Fsp3) is 0.400. The number of nitrogens with two attached hydrogens (primary N) is 1. The molecule has 19 heavy (non-hydrogen) atoms. The van der Waals surface area contributed by atoms with Gasteiger partial charge in [0.25, 0.3) is 0 Å². The lowest BCUT2D eigenvalue weighted by Crippen LogP contribution is -2.42. The second-order valence-corrected chi connectivity index (χ2v) is 4.92. The van der Waals surface area contributed by atoms with Gasteiger partial charge in [0.05, 0.1) is 23.9 Å².